The van der Waals surface area contributed by atoms with Crippen LogP contribution in [-0.2, 0) is 18.5 Å². The maximum atomic E-state index is 6.49. The fourth-order valence-corrected chi connectivity index (χ4v) is 5.94. The molecule has 0 amide bonds. The van der Waals surface area contributed by atoms with E-state index in [4.69, 9.17) is 38.3 Å². The number of para-hydroxylation sites is 1. The molecule has 1 saturated carbocycles. The Morgan fingerprint density at radius 1 is 0.976 bits per heavy atom. The van der Waals surface area contributed by atoms with Crippen LogP contribution in [-0.4, -0.2) is 46.4 Å². The molecule has 218 valence electrons. The van der Waals surface area contributed by atoms with Crippen molar-refractivity contribution in [3.63, 3.8) is 0 Å². The molecule has 41 heavy (non-hydrogen) atoms. The standard InChI is InChI=1S/C32H41Cl2N7/c1-32(2,3)29-17-25(41(39-29)20-22-12-13-23(33)16-27(22)34)19-35-18-21-10-14-24(15-11-21)36-31-37-28-9-7-6-8-26(28)30(38-31)40(4)5/h6-9,12-13,16-17,21,24,35H,10-11,14-15,18-20H2,1-5H3,(H,36,37,38). The first-order chi connectivity index (χ1) is 19.6. The van der Waals surface area contributed by atoms with E-state index in [1.807, 2.05) is 38.4 Å². The van der Waals surface area contributed by atoms with E-state index < -0.39 is 0 Å². The Bertz CT molecular complexity index is 1480. The summed E-state index contributed by atoms with van der Waals surface area (Å²) in [6.45, 7) is 8.97. The first kappa shape index (κ1) is 29.6. The van der Waals surface area contributed by atoms with E-state index in [1.165, 1.54) is 18.5 Å². The molecule has 0 bridgehead atoms. The molecule has 5 rings (SSSR count). The van der Waals surface area contributed by atoms with Crippen molar-refractivity contribution in [2.45, 2.75) is 71.0 Å². The number of halogens is 2. The molecule has 7 nitrogen and oxygen atoms in total. The van der Waals surface area contributed by atoms with Crippen molar-refractivity contribution in [3.8, 4) is 0 Å². The number of nitrogens with zero attached hydrogens (tertiary/aromatic N) is 5. The van der Waals surface area contributed by atoms with E-state index in [0.29, 0.717) is 28.5 Å². The summed E-state index contributed by atoms with van der Waals surface area (Å²) in [6.07, 6.45) is 4.57. The van der Waals surface area contributed by atoms with Crippen molar-refractivity contribution >= 4 is 45.9 Å². The summed E-state index contributed by atoms with van der Waals surface area (Å²) in [4.78, 5) is 11.7. The number of fused-ring (bicyclic) bond motifs is 1. The number of benzene rings is 2. The SMILES string of the molecule is CN(C)c1nc(NC2CCC(CNCc3cc(C(C)(C)C)nn3Cc3ccc(Cl)cc3Cl)CC2)nc2ccccc12. The summed E-state index contributed by atoms with van der Waals surface area (Å²) in [5.41, 5.74) is 4.20. The van der Waals surface area contributed by atoms with Gasteiger partial charge in [-0.2, -0.15) is 10.1 Å². The molecule has 2 heterocycles. The Kier molecular flexibility index (Phi) is 9.07. The molecule has 1 aliphatic rings. The van der Waals surface area contributed by atoms with E-state index in [2.05, 4.69) is 59.2 Å². The van der Waals surface area contributed by atoms with Crippen molar-refractivity contribution in [3.05, 3.63) is 75.5 Å². The number of hydrogen-bond acceptors (Lipinski definition) is 6. The predicted molar refractivity (Wildman–Crippen MR) is 171 cm³/mol. The largest absolute Gasteiger partial charge is 0.362 e. The van der Waals surface area contributed by atoms with Crippen molar-refractivity contribution in [1.82, 2.24) is 25.1 Å². The Morgan fingerprint density at radius 3 is 2.44 bits per heavy atom. The van der Waals surface area contributed by atoms with Crippen LogP contribution in [0.4, 0.5) is 11.8 Å². The molecule has 0 radical (unpaired) electrons. The van der Waals surface area contributed by atoms with Gasteiger partial charge in [-0.05, 0) is 74.0 Å². The van der Waals surface area contributed by atoms with Crippen LogP contribution in [0.15, 0.2) is 48.5 Å². The van der Waals surface area contributed by atoms with Gasteiger partial charge in [-0.3, -0.25) is 4.68 Å². The second-order valence-corrected chi connectivity index (χ2v) is 13.3. The zero-order valence-corrected chi connectivity index (χ0v) is 26.2. The second-order valence-electron chi connectivity index (χ2n) is 12.4. The fourth-order valence-electron chi connectivity index (χ4n) is 5.48. The third kappa shape index (κ3) is 7.32. The van der Waals surface area contributed by atoms with Crippen LogP contribution in [0.25, 0.3) is 10.9 Å². The van der Waals surface area contributed by atoms with Gasteiger partial charge in [0, 0.05) is 47.5 Å². The first-order valence-electron chi connectivity index (χ1n) is 14.5. The quantitative estimate of drug-likeness (QED) is 0.212. The lowest BCUT2D eigenvalue weighted by Gasteiger charge is -2.29. The van der Waals surface area contributed by atoms with Crippen molar-refractivity contribution in [2.75, 3.05) is 30.9 Å². The molecule has 0 spiro atoms. The lowest BCUT2D eigenvalue weighted by Crippen LogP contribution is -2.32. The molecule has 2 aromatic carbocycles. The minimum atomic E-state index is -0.0305. The monoisotopic (exact) mass is 593 g/mol. The smallest absolute Gasteiger partial charge is 0.225 e. The Hall–Kier alpha value is -2.87. The molecular formula is C32H41Cl2N7. The average Bonchev–Trinajstić information content (AvgIpc) is 3.34. The van der Waals surface area contributed by atoms with Gasteiger partial charge in [0.25, 0.3) is 0 Å². The van der Waals surface area contributed by atoms with Crippen LogP contribution in [0.3, 0.4) is 0 Å². The minimum absolute atomic E-state index is 0.0305. The lowest BCUT2D eigenvalue weighted by atomic mass is 9.86. The summed E-state index contributed by atoms with van der Waals surface area (Å²) in [7, 11) is 4.06. The second kappa shape index (κ2) is 12.6. The summed E-state index contributed by atoms with van der Waals surface area (Å²) in [5.74, 6) is 2.31. The van der Waals surface area contributed by atoms with E-state index in [0.717, 1.165) is 59.9 Å². The molecule has 1 fully saturated rings. The van der Waals surface area contributed by atoms with Gasteiger partial charge in [0.1, 0.15) is 5.82 Å². The van der Waals surface area contributed by atoms with E-state index in [9.17, 15) is 0 Å². The Balaban J connectivity index is 1.17. The Morgan fingerprint density at radius 2 is 1.73 bits per heavy atom. The highest BCUT2D eigenvalue weighted by atomic mass is 35.5. The first-order valence-corrected chi connectivity index (χ1v) is 15.2. The number of anilines is 2. The van der Waals surface area contributed by atoms with E-state index >= 15 is 0 Å². The van der Waals surface area contributed by atoms with E-state index in [1.54, 1.807) is 6.07 Å². The van der Waals surface area contributed by atoms with Crippen LogP contribution in [0.5, 0.6) is 0 Å². The highest BCUT2D eigenvalue weighted by Crippen LogP contribution is 2.29. The third-order valence-electron chi connectivity index (χ3n) is 7.89. The predicted octanol–water partition coefficient (Wildman–Crippen LogP) is 7.31. The normalized spacial score (nSPS) is 17.6. The molecule has 1 aliphatic carbocycles. The van der Waals surface area contributed by atoms with Crippen LogP contribution in [0, 0.1) is 5.92 Å². The number of aromatic nitrogens is 4. The van der Waals surface area contributed by atoms with Crippen LogP contribution >= 0.6 is 23.2 Å². The van der Waals surface area contributed by atoms with Gasteiger partial charge in [0.15, 0.2) is 0 Å². The minimum Gasteiger partial charge on any atom is -0.362 e. The van der Waals surface area contributed by atoms with Gasteiger partial charge in [0.05, 0.1) is 23.4 Å². The molecule has 4 aromatic rings. The van der Waals surface area contributed by atoms with Gasteiger partial charge in [-0.15, -0.1) is 0 Å². The highest BCUT2D eigenvalue weighted by molar-refractivity contribution is 6.35. The molecule has 0 unspecified atom stereocenters. The number of rotatable bonds is 9. The number of hydrogen-bond donors (Lipinski definition) is 2. The molecular weight excluding hydrogens is 553 g/mol. The Labute approximate surface area is 253 Å². The van der Waals surface area contributed by atoms with Crippen LogP contribution in [0.1, 0.15) is 63.4 Å². The summed E-state index contributed by atoms with van der Waals surface area (Å²) >= 11 is 12.6. The van der Waals surface area contributed by atoms with Crippen LogP contribution < -0.4 is 15.5 Å². The highest BCUT2D eigenvalue weighted by Gasteiger charge is 2.23. The van der Waals surface area contributed by atoms with Crippen molar-refractivity contribution in [2.24, 2.45) is 5.92 Å². The topological polar surface area (TPSA) is 70.9 Å². The van der Waals surface area contributed by atoms with Gasteiger partial charge in [-0.1, -0.05) is 62.2 Å². The summed E-state index contributed by atoms with van der Waals surface area (Å²) < 4.78 is 2.08. The van der Waals surface area contributed by atoms with Crippen molar-refractivity contribution < 1.29 is 0 Å². The zero-order valence-electron chi connectivity index (χ0n) is 24.7. The maximum absolute atomic E-state index is 6.49. The summed E-state index contributed by atoms with van der Waals surface area (Å²) in [6, 6.07) is 16.5. The van der Waals surface area contributed by atoms with E-state index in [-0.39, 0.29) is 5.41 Å². The van der Waals surface area contributed by atoms with Gasteiger partial charge >= 0.3 is 0 Å². The maximum Gasteiger partial charge on any atom is 0.225 e. The van der Waals surface area contributed by atoms with Gasteiger partial charge in [-0.25, -0.2) is 4.98 Å². The van der Waals surface area contributed by atoms with Crippen LogP contribution in [0.2, 0.25) is 10.0 Å². The number of nitrogens with one attached hydrogen (secondary N) is 2. The average molecular weight is 595 g/mol. The third-order valence-corrected chi connectivity index (χ3v) is 8.48. The molecule has 2 N–H and O–H groups in total. The molecule has 0 saturated heterocycles. The summed E-state index contributed by atoms with van der Waals surface area (Å²) in [5, 5.41) is 14.7. The van der Waals surface area contributed by atoms with Gasteiger partial charge in [0.2, 0.25) is 5.95 Å². The van der Waals surface area contributed by atoms with Crippen molar-refractivity contribution in [1.29, 1.82) is 0 Å². The van der Waals surface area contributed by atoms with Gasteiger partial charge < -0.3 is 15.5 Å². The fraction of sp³-hybridized carbons (Fsp3) is 0.469. The molecule has 9 heteroatoms. The molecule has 0 atom stereocenters. The zero-order chi connectivity index (χ0) is 29.1. The lowest BCUT2D eigenvalue weighted by molar-refractivity contribution is 0.322. The molecule has 0 aliphatic heterocycles. The molecule has 2 aromatic heterocycles.